The molecule has 3 heterocycles. The average molecular weight is 526 g/mol. The molecule has 38 heavy (non-hydrogen) atoms. The van der Waals surface area contributed by atoms with Gasteiger partial charge in [-0.25, -0.2) is 4.79 Å². The van der Waals surface area contributed by atoms with Gasteiger partial charge in [-0.1, -0.05) is 6.07 Å². The first-order valence-corrected chi connectivity index (χ1v) is 11.6. The fraction of sp³-hybridized carbons (Fsp3) is 0.222. The van der Waals surface area contributed by atoms with Gasteiger partial charge in [-0.15, -0.1) is 0 Å². The van der Waals surface area contributed by atoms with E-state index in [1.807, 2.05) is 11.0 Å². The monoisotopic (exact) mass is 526 g/mol. The van der Waals surface area contributed by atoms with E-state index in [0.29, 0.717) is 17.9 Å². The Labute approximate surface area is 214 Å². The summed E-state index contributed by atoms with van der Waals surface area (Å²) < 4.78 is 63.6. The number of aromatic nitrogens is 1. The molecular formula is C27H21F3N2O6. The number of pyridine rings is 1. The number of hydrogen-bond acceptors (Lipinski definition) is 8. The van der Waals surface area contributed by atoms with E-state index >= 15 is 0 Å². The van der Waals surface area contributed by atoms with E-state index in [1.54, 1.807) is 25.4 Å². The number of carbonyl (C=O) groups is 1. The average Bonchev–Trinajstić information content (AvgIpc) is 2.90. The van der Waals surface area contributed by atoms with Crippen LogP contribution in [0.3, 0.4) is 0 Å². The third-order valence-electron chi connectivity index (χ3n) is 5.83. The van der Waals surface area contributed by atoms with Gasteiger partial charge in [0.15, 0.2) is 0 Å². The van der Waals surface area contributed by atoms with E-state index in [9.17, 15) is 22.8 Å². The standard InChI is InChI=1S/C27H21F3N2O6/c1-2-35-26(34)17-5-7-18(8-6-17)37-24-22(33)19-9-10-21-20(23(19)38-25(24)27(28,29)30)14-32(15-36-21)13-16-4-3-11-31-12-16/h3-12H,2,13-15H2,1H3. The molecule has 11 heteroatoms. The molecular weight excluding hydrogens is 505 g/mol. The van der Waals surface area contributed by atoms with Crippen LogP contribution >= 0.6 is 0 Å². The summed E-state index contributed by atoms with van der Waals surface area (Å²) in [7, 11) is 0. The minimum absolute atomic E-state index is 0.0817. The highest BCUT2D eigenvalue weighted by Gasteiger charge is 2.41. The van der Waals surface area contributed by atoms with Gasteiger partial charge in [-0.2, -0.15) is 13.2 Å². The van der Waals surface area contributed by atoms with Crippen LogP contribution in [0.1, 0.15) is 34.2 Å². The van der Waals surface area contributed by atoms with Gasteiger partial charge >= 0.3 is 12.1 Å². The molecule has 8 nitrogen and oxygen atoms in total. The van der Waals surface area contributed by atoms with Gasteiger partial charge in [-0.05, 0) is 55.0 Å². The summed E-state index contributed by atoms with van der Waals surface area (Å²) in [6, 6.07) is 11.7. The van der Waals surface area contributed by atoms with Crippen molar-refractivity contribution in [2.24, 2.45) is 0 Å². The predicted octanol–water partition coefficient (Wildman–Crippen LogP) is 5.53. The number of hydrogen-bond donors (Lipinski definition) is 0. The first kappa shape index (κ1) is 25.3. The van der Waals surface area contributed by atoms with Crippen molar-refractivity contribution in [3.8, 4) is 17.2 Å². The molecule has 0 saturated heterocycles. The van der Waals surface area contributed by atoms with Crippen LogP contribution in [-0.4, -0.2) is 29.2 Å². The van der Waals surface area contributed by atoms with Gasteiger partial charge in [-0.3, -0.25) is 14.7 Å². The predicted molar refractivity (Wildman–Crippen MR) is 129 cm³/mol. The minimum Gasteiger partial charge on any atom is -0.478 e. The molecule has 4 aromatic rings. The van der Waals surface area contributed by atoms with Crippen LogP contribution in [0.15, 0.2) is 70.1 Å². The molecule has 0 radical (unpaired) electrons. The summed E-state index contributed by atoms with van der Waals surface area (Å²) in [5, 5.41) is -0.0817. The van der Waals surface area contributed by atoms with E-state index in [-0.39, 0.29) is 42.2 Å². The summed E-state index contributed by atoms with van der Waals surface area (Å²) in [5.41, 5.74) is 0.191. The zero-order valence-electron chi connectivity index (χ0n) is 20.1. The van der Waals surface area contributed by atoms with Crippen molar-refractivity contribution in [2.75, 3.05) is 13.3 Å². The van der Waals surface area contributed by atoms with Gasteiger partial charge in [0.05, 0.1) is 23.1 Å². The second-order valence-corrected chi connectivity index (χ2v) is 8.47. The van der Waals surface area contributed by atoms with Crippen molar-refractivity contribution >= 4 is 16.9 Å². The molecule has 0 saturated carbocycles. The van der Waals surface area contributed by atoms with Crippen LogP contribution in [0.25, 0.3) is 11.0 Å². The Kier molecular flexibility index (Phi) is 6.77. The quantitative estimate of drug-likeness (QED) is 0.303. The van der Waals surface area contributed by atoms with Gasteiger partial charge in [0.25, 0.3) is 5.76 Å². The zero-order valence-corrected chi connectivity index (χ0v) is 20.1. The van der Waals surface area contributed by atoms with Crippen LogP contribution in [0, 0.1) is 0 Å². The number of carbonyl (C=O) groups excluding carboxylic acids is 1. The normalized spacial score (nSPS) is 13.6. The SMILES string of the molecule is CCOC(=O)c1ccc(Oc2c(C(F)(F)F)oc3c4c(ccc3c2=O)OCN(Cc2cccnc2)C4)cc1. The van der Waals surface area contributed by atoms with Crippen molar-refractivity contribution in [2.45, 2.75) is 26.2 Å². The summed E-state index contributed by atoms with van der Waals surface area (Å²) in [4.78, 5) is 31.1. The molecule has 196 valence electrons. The van der Waals surface area contributed by atoms with Crippen molar-refractivity contribution in [1.82, 2.24) is 9.88 Å². The third kappa shape index (κ3) is 5.05. The second kappa shape index (κ2) is 10.2. The number of ether oxygens (including phenoxy) is 3. The van der Waals surface area contributed by atoms with Crippen LogP contribution in [-0.2, 0) is 24.0 Å². The van der Waals surface area contributed by atoms with Gasteiger partial charge in [0, 0.05) is 25.5 Å². The van der Waals surface area contributed by atoms with E-state index in [4.69, 9.17) is 18.6 Å². The molecule has 0 amide bonds. The van der Waals surface area contributed by atoms with Crippen LogP contribution in [0.4, 0.5) is 13.2 Å². The van der Waals surface area contributed by atoms with E-state index in [0.717, 1.165) is 5.56 Å². The highest BCUT2D eigenvalue weighted by molar-refractivity contribution is 5.89. The Morgan fingerprint density at radius 3 is 2.61 bits per heavy atom. The van der Waals surface area contributed by atoms with Crippen LogP contribution < -0.4 is 14.9 Å². The third-order valence-corrected chi connectivity index (χ3v) is 5.83. The minimum atomic E-state index is -5.03. The lowest BCUT2D eigenvalue weighted by molar-refractivity contribution is -0.154. The second-order valence-electron chi connectivity index (χ2n) is 8.47. The van der Waals surface area contributed by atoms with Gasteiger partial charge < -0.3 is 18.6 Å². The maximum absolute atomic E-state index is 14.1. The Morgan fingerprint density at radius 2 is 1.92 bits per heavy atom. The number of alkyl halides is 3. The van der Waals surface area contributed by atoms with E-state index in [2.05, 4.69) is 4.98 Å². The number of nitrogens with zero attached hydrogens (tertiary/aromatic N) is 2. The van der Waals surface area contributed by atoms with E-state index in [1.165, 1.54) is 36.4 Å². The molecule has 2 aromatic carbocycles. The number of halogens is 3. The molecule has 5 rings (SSSR count). The van der Waals surface area contributed by atoms with Crippen molar-refractivity contribution in [1.29, 1.82) is 0 Å². The summed E-state index contributed by atoms with van der Waals surface area (Å²) >= 11 is 0. The van der Waals surface area contributed by atoms with Crippen molar-refractivity contribution in [3.05, 3.63) is 93.6 Å². The summed E-state index contributed by atoms with van der Waals surface area (Å²) in [5.74, 6) is -2.91. The number of benzene rings is 2. The van der Waals surface area contributed by atoms with Crippen LogP contribution in [0.2, 0.25) is 0 Å². The number of rotatable bonds is 6. The fourth-order valence-electron chi connectivity index (χ4n) is 4.12. The molecule has 0 fully saturated rings. The maximum Gasteiger partial charge on any atom is 0.453 e. The zero-order chi connectivity index (χ0) is 26.9. The Hall–Kier alpha value is -4.38. The highest BCUT2D eigenvalue weighted by Crippen LogP contribution is 2.41. The first-order chi connectivity index (χ1) is 18.2. The molecule has 0 N–H and O–H groups in total. The summed E-state index contributed by atoms with van der Waals surface area (Å²) in [6.45, 7) is 2.64. The lowest BCUT2D eigenvalue weighted by Gasteiger charge is -2.29. The Balaban J connectivity index is 1.53. The fourth-order valence-corrected chi connectivity index (χ4v) is 4.12. The molecule has 2 aromatic heterocycles. The van der Waals surface area contributed by atoms with Crippen LogP contribution in [0.5, 0.6) is 17.2 Å². The molecule has 1 aliphatic heterocycles. The topological polar surface area (TPSA) is 91.1 Å². The Morgan fingerprint density at radius 1 is 1.13 bits per heavy atom. The summed E-state index contributed by atoms with van der Waals surface area (Å²) in [6.07, 6.45) is -1.70. The van der Waals surface area contributed by atoms with Gasteiger partial charge in [0.2, 0.25) is 11.2 Å². The maximum atomic E-state index is 14.1. The first-order valence-electron chi connectivity index (χ1n) is 11.6. The Bertz CT molecular complexity index is 1540. The van der Waals surface area contributed by atoms with E-state index < -0.39 is 29.1 Å². The molecule has 0 spiro atoms. The van der Waals surface area contributed by atoms with Gasteiger partial charge in [0.1, 0.15) is 23.8 Å². The molecule has 0 atom stereocenters. The number of esters is 1. The lowest BCUT2D eigenvalue weighted by atomic mass is 10.1. The lowest BCUT2D eigenvalue weighted by Crippen LogP contribution is -2.32. The highest BCUT2D eigenvalue weighted by atomic mass is 19.4. The van der Waals surface area contributed by atoms with Crippen molar-refractivity contribution < 1.29 is 36.6 Å². The smallest absolute Gasteiger partial charge is 0.453 e. The molecule has 1 aliphatic rings. The van der Waals surface area contributed by atoms with Crippen molar-refractivity contribution in [3.63, 3.8) is 0 Å². The number of fused-ring (bicyclic) bond motifs is 3. The molecule has 0 unspecified atom stereocenters. The largest absolute Gasteiger partial charge is 0.478 e. The molecule has 0 aliphatic carbocycles. The molecule has 0 bridgehead atoms.